The van der Waals surface area contributed by atoms with Crippen molar-refractivity contribution >= 4 is 63.8 Å². The molecule has 0 radical (unpaired) electrons. The van der Waals surface area contributed by atoms with Crippen LogP contribution in [0.5, 0.6) is 0 Å². The molecule has 0 aliphatic rings. The molecule has 8 rings (SSSR count). The van der Waals surface area contributed by atoms with Gasteiger partial charge in [0.25, 0.3) is 0 Å². The summed E-state index contributed by atoms with van der Waals surface area (Å²) in [7, 11) is 0. The lowest BCUT2D eigenvalue weighted by atomic mass is 9.91. The molecule has 1 aromatic heterocycles. The second-order valence-electron chi connectivity index (χ2n) is 10.2. The van der Waals surface area contributed by atoms with Crippen molar-refractivity contribution in [3.63, 3.8) is 0 Å². The molecule has 0 fully saturated rings. The summed E-state index contributed by atoms with van der Waals surface area (Å²) in [6.45, 7) is 2.21. The van der Waals surface area contributed by atoms with Gasteiger partial charge in [0.05, 0.1) is 0 Å². The number of hydrogen-bond acceptors (Lipinski definition) is 1. The fraction of sp³-hybridized carbons (Fsp3) is 0.0270. The lowest BCUT2D eigenvalue weighted by molar-refractivity contribution is 1.55. The lowest BCUT2D eigenvalue weighted by Gasteiger charge is -2.12. The minimum atomic E-state index is 1.24. The van der Waals surface area contributed by atoms with E-state index in [0.29, 0.717) is 0 Å². The summed E-state index contributed by atoms with van der Waals surface area (Å²) >= 11 is 1.90. The molecule has 38 heavy (non-hydrogen) atoms. The molecule has 0 aliphatic heterocycles. The smallest absolute Gasteiger partial charge is 0.0433 e. The van der Waals surface area contributed by atoms with Crippen LogP contribution in [0.2, 0.25) is 0 Å². The van der Waals surface area contributed by atoms with E-state index in [1.54, 1.807) is 0 Å². The van der Waals surface area contributed by atoms with Gasteiger partial charge in [-0.05, 0) is 79.2 Å². The summed E-state index contributed by atoms with van der Waals surface area (Å²) in [5.74, 6) is 0. The lowest BCUT2D eigenvalue weighted by Crippen LogP contribution is -1.85. The van der Waals surface area contributed by atoms with E-state index in [1.807, 2.05) is 11.3 Å². The topological polar surface area (TPSA) is 0 Å². The van der Waals surface area contributed by atoms with Crippen LogP contribution in [0.3, 0.4) is 0 Å². The Balaban J connectivity index is 1.27. The van der Waals surface area contributed by atoms with E-state index in [4.69, 9.17) is 0 Å². The molecule has 8 aromatic rings. The number of aryl methyl sites for hydroxylation is 1. The van der Waals surface area contributed by atoms with Crippen LogP contribution in [0, 0.1) is 6.92 Å². The van der Waals surface area contributed by atoms with Crippen LogP contribution in [-0.2, 0) is 0 Å². The van der Waals surface area contributed by atoms with Crippen molar-refractivity contribution in [1.29, 1.82) is 0 Å². The van der Waals surface area contributed by atoms with Gasteiger partial charge < -0.3 is 0 Å². The summed E-state index contributed by atoms with van der Waals surface area (Å²) < 4.78 is 2.73. The Morgan fingerprint density at radius 2 is 0.974 bits per heavy atom. The molecule has 178 valence electrons. The maximum atomic E-state index is 2.37. The minimum Gasteiger partial charge on any atom is -0.135 e. The molecule has 0 amide bonds. The van der Waals surface area contributed by atoms with Gasteiger partial charge in [-0.1, -0.05) is 115 Å². The maximum Gasteiger partial charge on any atom is 0.0433 e. The first-order chi connectivity index (χ1) is 18.8. The van der Waals surface area contributed by atoms with Crippen molar-refractivity contribution in [2.24, 2.45) is 0 Å². The van der Waals surface area contributed by atoms with Gasteiger partial charge in [0.15, 0.2) is 0 Å². The van der Waals surface area contributed by atoms with Crippen molar-refractivity contribution in [3.8, 4) is 22.3 Å². The SMILES string of the molecule is Cc1cccc2sc3c(-c4ccc(-c5ccc6c7ccccc7c7ccccc7c6c5)cc4)cccc3c12. The van der Waals surface area contributed by atoms with Crippen molar-refractivity contribution in [2.75, 3.05) is 0 Å². The van der Waals surface area contributed by atoms with Crippen LogP contribution in [0.25, 0.3) is 74.7 Å². The maximum absolute atomic E-state index is 2.37. The highest BCUT2D eigenvalue weighted by Crippen LogP contribution is 2.42. The summed E-state index contributed by atoms with van der Waals surface area (Å²) in [5.41, 5.74) is 6.41. The van der Waals surface area contributed by atoms with Gasteiger partial charge >= 0.3 is 0 Å². The molecule has 0 N–H and O–H groups in total. The summed E-state index contributed by atoms with van der Waals surface area (Å²) in [6, 6.07) is 46.9. The number of thiophene rings is 1. The number of rotatable bonds is 2. The quantitative estimate of drug-likeness (QED) is 0.207. The van der Waals surface area contributed by atoms with Crippen molar-refractivity contribution in [2.45, 2.75) is 6.92 Å². The molecule has 0 unspecified atom stereocenters. The minimum absolute atomic E-state index is 1.24. The molecular formula is C37H24S. The zero-order chi connectivity index (χ0) is 25.2. The van der Waals surface area contributed by atoms with Crippen molar-refractivity contribution < 1.29 is 0 Å². The van der Waals surface area contributed by atoms with Gasteiger partial charge in [-0.3, -0.25) is 0 Å². The monoisotopic (exact) mass is 500 g/mol. The summed E-state index contributed by atoms with van der Waals surface area (Å²) in [5, 5.41) is 10.6. The first kappa shape index (κ1) is 21.6. The largest absolute Gasteiger partial charge is 0.135 e. The van der Waals surface area contributed by atoms with E-state index >= 15 is 0 Å². The molecule has 0 atom stereocenters. The van der Waals surface area contributed by atoms with Crippen LogP contribution >= 0.6 is 11.3 Å². The third-order valence-corrected chi connectivity index (χ3v) is 9.21. The van der Waals surface area contributed by atoms with E-state index < -0.39 is 0 Å². The molecule has 1 heteroatoms. The molecule has 1 heterocycles. The first-order valence-corrected chi connectivity index (χ1v) is 13.9. The molecule has 0 nitrogen and oxygen atoms in total. The standard InChI is InChI=1S/C37H24S/c1-23-8-6-15-35-36(23)33-14-7-13-27(37(33)38-35)25-18-16-24(17-19-25)26-20-21-32-30-11-3-2-9-28(30)29-10-4-5-12-31(29)34(32)22-26/h2-22H,1H3. The zero-order valence-corrected chi connectivity index (χ0v) is 21.8. The molecule has 0 bridgehead atoms. The van der Waals surface area contributed by atoms with Gasteiger partial charge in [0, 0.05) is 20.2 Å². The second kappa shape index (κ2) is 8.28. The van der Waals surface area contributed by atoms with Gasteiger partial charge in [-0.25, -0.2) is 0 Å². The normalized spacial score (nSPS) is 11.8. The van der Waals surface area contributed by atoms with E-state index in [0.717, 1.165) is 0 Å². The number of fused-ring (bicyclic) bond motifs is 9. The average molecular weight is 501 g/mol. The first-order valence-electron chi connectivity index (χ1n) is 13.1. The Morgan fingerprint density at radius 1 is 0.421 bits per heavy atom. The van der Waals surface area contributed by atoms with Crippen LogP contribution in [0.4, 0.5) is 0 Å². The Morgan fingerprint density at radius 3 is 1.68 bits per heavy atom. The highest BCUT2D eigenvalue weighted by atomic mass is 32.1. The molecule has 7 aromatic carbocycles. The van der Waals surface area contributed by atoms with Crippen LogP contribution in [0.15, 0.2) is 127 Å². The van der Waals surface area contributed by atoms with E-state index in [2.05, 4.69) is 134 Å². The summed E-state index contributed by atoms with van der Waals surface area (Å²) in [4.78, 5) is 0. The highest BCUT2D eigenvalue weighted by Gasteiger charge is 2.13. The Kier molecular flexibility index (Phi) is 4.71. The fourth-order valence-electron chi connectivity index (χ4n) is 6.18. The van der Waals surface area contributed by atoms with Crippen molar-refractivity contribution in [3.05, 3.63) is 133 Å². The van der Waals surface area contributed by atoms with Gasteiger partial charge in [-0.2, -0.15) is 0 Å². The fourth-order valence-corrected chi connectivity index (χ4v) is 7.50. The van der Waals surface area contributed by atoms with E-state index in [9.17, 15) is 0 Å². The van der Waals surface area contributed by atoms with Gasteiger partial charge in [0.1, 0.15) is 0 Å². The van der Waals surface area contributed by atoms with E-state index in [-0.39, 0.29) is 0 Å². The predicted octanol–water partition coefficient (Wildman–Crippen LogP) is 11.2. The molecule has 0 saturated carbocycles. The predicted molar refractivity (Wildman–Crippen MR) is 167 cm³/mol. The highest BCUT2D eigenvalue weighted by molar-refractivity contribution is 7.26. The Hall–Kier alpha value is -4.46. The Labute approximate surface area is 225 Å². The van der Waals surface area contributed by atoms with E-state index in [1.165, 1.54) is 80.3 Å². The van der Waals surface area contributed by atoms with Crippen LogP contribution in [0.1, 0.15) is 5.56 Å². The zero-order valence-electron chi connectivity index (χ0n) is 21.0. The third-order valence-electron chi connectivity index (χ3n) is 8.00. The van der Waals surface area contributed by atoms with Crippen molar-refractivity contribution in [1.82, 2.24) is 0 Å². The number of benzene rings is 7. The molecular weight excluding hydrogens is 476 g/mol. The molecule has 0 spiro atoms. The molecule has 0 aliphatic carbocycles. The molecule has 0 saturated heterocycles. The van der Waals surface area contributed by atoms with Crippen LogP contribution < -0.4 is 0 Å². The average Bonchev–Trinajstić information content (AvgIpc) is 3.37. The Bertz CT molecular complexity index is 2140. The van der Waals surface area contributed by atoms with Crippen LogP contribution in [-0.4, -0.2) is 0 Å². The van der Waals surface area contributed by atoms with Gasteiger partial charge in [0.2, 0.25) is 0 Å². The second-order valence-corrected chi connectivity index (χ2v) is 11.2. The summed E-state index contributed by atoms with van der Waals surface area (Å²) in [6.07, 6.45) is 0. The number of hydrogen-bond donors (Lipinski definition) is 0. The van der Waals surface area contributed by atoms with Gasteiger partial charge in [-0.15, -0.1) is 11.3 Å². The third kappa shape index (κ3) is 3.16.